The Morgan fingerprint density at radius 2 is 2.08 bits per heavy atom. The molecule has 2 heterocycles. The first-order valence-electron chi connectivity index (χ1n) is 7.48. The fourth-order valence-electron chi connectivity index (χ4n) is 2.67. The van der Waals surface area contributed by atoms with Gasteiger partial charge in [0.1, 0.15) is 12.0 Å². The van der Waals surface area contributed by atoms with Gasteiger partial charge in [0.15, 0.2) is 0 Å². The van der Waals surface area contributed by atoms with Crippen molar-refractivity contribution in [1.82, 2.24) is 14.6 Å². The van der Waals surface area contributed by atoms with Crippen LogP contribution in [0, 0.1) is 15.9 Å². The standard InChI is InChI=1S/C15H14FN5O4S/c1-3-19(26(2,24)25)13-8-10(4-5-11(13)16)12-6-7-17-15-14(21(22)23)9-18-20(12)15/h4-9H,3H2,1-2H3. The van der Waals surface area contributed by atoms with Gasteiger partial charge in [-0.05, 0) is 31.2 Å². The fraction of sp³-hybridized carbons (Fsp3) is 0.200. The monoisotopic (exact) mass is 379 g/mol. The Morgan fingerprint density at radius 1 is 1.35 bits per heavy atom. The van der Waals surface area contributed by atoms with Gasteiger partial charge in [0.05, 0.1) is 22.6 Å². The molecule has 0 amide bonds. The molecule has 3 aromatic rings. The summed E-state index contributed by atoms with van der Waals surface area (Å²) in [6.07, 6.45) is 3.44. The Bertz CT molecular complexity index is 1110. The predicted molar refractivity (Wildman–Crippen MR) is 92.9 cm³/mol. The summed E-state index contributed by atoms with van der Waals surface area (Å²) in [6.45, 7) is 1.65. The largest absolute Gasteiger partial charge is 0.333 e. The van der Waals surface area contributed by atoms with Crippen LogP contribution in [0.3, 0.4) is 0 Å². The molecule has 0 bridgehead atoms. The SMILES string of the molecule is CCN(c1cc(-c2ccnc3c([N+](=O)[O-])cnn23)ccc1F)S(C)(=O)=O. The molecule has 0 fully saturated rings. The Hall–Kier alpha value is -3.08. The molecular weight excluding hydrogens is 365 g/mol. The van der Waals surface area contributed by atoms with Gasteiger partial charge in [-0.3, -0.25) is 14.4 Å². The van der Waals surface area contributed by atoms with E-state index >= 15 is 0 Å². The van der Waals surface area contributed by atoms with Crippen LogP contribution in [0.25, 0.3) is 16.9 Å². The van der Waals surface area contributed by atoms with Crippen molar-refractivity contribution in [1.29, 1.82) is 0 Å². The maximum absolute atomic E-state index is 14.2. The molecule has 0 aliphatic rings. The number of hydrogen-bond donors (Lipinski definition) is 0. The topological polar surface area (TPSA) is 111 Å². The molecule has 0 unspecified atom stereocenters. The van der Waals surface area contributed by atoms with E-state index < -0.39 is 20.8 Å². The van der Waals surface area contributed by atoms with Crippen LogP contribution in [0.15, 0.2) is 36.7 Å². The van der Waals surface area contributed by atoms with Crippen LogP contribution >= 0.6 is 0 Å². The Kier molecular flexibility index (Phi) is 4.32. The van der Waals surface area contributed by atoms with Crippen molar-refractivity contribution >= 4 is 27.0 Å². The fourth-order valence-corrected chi connectivity index (χ4v) is 3.64. The minimum atomic E-state index is -3.67. The summed E-state index contributed by atoms with van der Waals surface area (Å²) in [6, 6.07) is 5.50. The number of nitrogens with zero attached hydrogens (tertiary/aromatic N) is 5. The summed E-state index contributed by atoms with van der Waals surface area (Å²) < 4.78 is 40.3. The lowest BCUT2D eigenvalue weighted by Gasteiger charge is -2.21. The molecule has 1 aromatic carbocycles. The van der Waals surface area contributed by atoms with Crippen LogP contribution in [0.1, 0.15) is 6.92 Å². The molecule has 0 aliphatic heterocycles. The van der Waals surface area contributed by atoms with Crippen molar-refractivity contribution in [3.05, 3.63) is 52.6 Å². The van der Waals surface area contributed by atoms with Crippen LogP contribution in [0.2, 0.25) is 0 Å². The first-order chi connectivity index (χ1) is 12.2. The van der Waals surface area contributed by atoms with Crippen LogP contribution < -0.4 is 4.31 Å². The third kappa shape index (κ3) is 2.96. The highest BCUT2D eigenvalue weighted by molar-refractivity contribution is 7.92. The summed E-state index contributed by atoms with van der Waals surface area (Å²) >= 11 is 0. The molecule has 0 saturated carbocycles. The van der Waals surface area contributed by atoms with Gasteiger partial charge < -0.3 is 0 Å². The second-order valence-corrected chi connectivity index (χ2v) is 7.35. The number of fused-ring (bicyclic) bond motifs is 1. The molecule has 136 valence electrons. The third-order valence-electron chi connectivity index (χ3n) is 3.78. The lowest BCUT2D eigenvalue weighted by molar-refractivity contribution is -0.383. The summed E-state index contributed by atoms with van der Waals surface area (Å²) in [4.78, 5) is 14.4. The molecule has 0 N–H and O–H groups in total. The normalized spacial score (nSPS) is 11.7. The molecule has 3 rings (SSSR count). The van der Waals surface area contributed by atoms with Gasteiger partial charge in [-0.2, -0.15) is 5.10 Å². The van der Waals surface area contributed by atoms with E-state index in [1.807, 2.05) is 0 Å². The van der Waals surface area contributed by atoms with Gasteiger partial charge in [0.25, 0.3) is 0 Å². The Labute approximate surface area is 147 Å². The van der Waals surface area contributed by atoms with E-state index in [0.29, 0.717) is 11.3 Å². The molecule has 11 heteroatoms. The maximum atomic E-state index is 14.2. The third-order valence-corrected chi connectivity index (χ3v) is 5.03. The number of hydrogen-bond acceptors (Lipinski definition) is 6. The zero-order chi connectivity index (χ0) is 19.1. The van der Waals surface area contributed by atoms with E-state index in [1.165, 1.54) is 22.8 Å². The summed E-state index contributed by atoms with van der Waals surface area (Å²) in [5.74, 6) is -0.697. The van der Waals surface area contributed by atoms with E-state index in [1.54, 1.807) is 13.0 Å². The first-order valence-corrected chi connectivity index (χ1v) is 9.33. The smallest absolute Gasteiger partial charge is 0.268 e. The van der Waals surface area contributed by atoms with Crippen molar-refractivity contribution in [2.75, 3.05) is 17.1 Å². The van der Waals surface area contributed by atoms with Crippen molar-refractivity contribution in [2.45, 2.75) is 6.92 Å². The van der Waals surface area contributed by atoms with Crippen molar-refractivity contribution in [2.24, 2.45) is 0 Å². The highest BCUT2D eigenvalue weighted by atomic mass is 32.2. The molecule has 0 aliphatic carbocycles. The second-order valence-electron chi connectivity index (χ2n) is 5.45. The number of nitro groups is 1. The van der Waals surface area contributed by atoms with Gasteiger partial charge in [0, 0.05) is 18.3 Å². The molecule has 0 saturated heterocycles. The highest BCUT2D eigenvalue weighted by Gasteiger charge is 2.22. The summed E-state index contributed by atoms with van der Waals surface area (Å²) in [5, 5.41) is 15.0. The second kappa shape index (κ2) is 6.33. The van der Waals surface area contributed by atoms with Crippen LogP contribution in [-0.4, -0.2) is 40.7 Å². The Morgan fingerprint density at radius 3 is 2.69 bits per heavy atom. The summed E-state index contributed by atoms with van der Waals surface area (Å²) in [5.41, 5.74) is 0.510. The maximum Gasteiger partial charge on any atom is 0.333 e. The average molecular weight is 379 g/mol. The number of aromatic nitrogens is 3. The van der Waals surface area contributed by atoms with E-state index in [9.17, 15) is 22.9 Å². The zero-order valence-electron chi connectivity index (χ0n) is 13.8. The lowest BCUT2D eigenvalue weighted by atomic mass is 10.1. The molecule has 0 atom stereocenters. The summed E-state index contributed by atoms with van der Waals surface area (Å²) in [7, 11) is -3.67. The number of halogens is 1. The van der Waals surface area contributed by atoms with Crippen molar-refractivity contribution in [3.8, 4) is 11.3 Å². The first kappa shape index (κ1) is 17.7. The minimum absolute atomic E-state index is 0.0360. The average Bonchev–Trinajstić information content (AvgIpc) is 3.00. The minimum Gasteiger partial charge on any atom is -0.268 e. The van der Waals surface area contributed by atoms with Crippen LogP contribution in [0.5, 0.6) is 0 Å². The predicted octanol–water partition coefficient (Wildman–Crippen LogP) is 2.23. The molecule has 0 radical (unpaired) electrons. The van der Waals surface area contributed by atoms with Crippen molar-refractivity contribution in [3.63, 3.8) is 0 Å². The molecule has 9 nitrogen and oxygen atoms in total. The van der Waals surface area contributed by atoms with Gasteiger partial charge in [-0.25, -0.2) is 22.3 Å². The number of sulfonamides is 1. The molecular formula is C15H14FN5O4S. The van der Waals surface area contributed by atoms with Crippen molar-refractivity contribution < 1.29 is 17.7 Å². The lowest BCUT2D eigenvalue weighted by Crippen LogP contribution is -2.30. The van der Waals surface area contributed by atoms with Gasteiger partial charge in [-0.15, -0.1) is 0 Å². The number of anilines is 1. The quantitative estimate of drug-likeness (QED) is 0.496. The van der Waals surface area contributed by atoms with E-state index in [2.05, 4.69) is 10.1 Å². The van der Waals surface area contributed by atoms with Gasteiger partial charge in [-0.1, -0.05) is 0 Å². The molecule has 0 spiro atoms. The molecule has 2 aromatic heterocycles. The van der Waals surface area contributed by atoms with E-state index in [-0.39, 0.29) is 23.6 Å². The molecule has 26 heavy (non-hydrogen) atoms. The zero-order valence-corrected chi connectivity index (χ0v) is 14.6. The van der Waals surface area contributed by atoms with E-state index in [4.69, 9.17) is 0 Å². The highest BCUT2D eigenvalue weighted by Crippen LogP contribution is 2.30. The van der Waals surface area contributed by atoms with Gasteiger partial charge in [0.2, 0.25) is 15.7 Å². The number of rotatable bonds is 5. The van der Waals surface area contributed by atoms with Crippen LogP contribution in [0.4, 0.5) is 15.8 Å². The van der Waals surface area contributed by atoms with Gasteiger partial charge >= 0.3 is 5.69 Å². The van der Waals surface area contributed by atoms with E-state index in [0.717, 1.165) is 22.8 Å². The van der Waals surface area contributed by atoms with Crippen LogP contribution in [-0.2, 0) is 10.0 Å². The Balaban J connectivity index is 2.22. The number of benzene rings is 1.